The molecule has 0 rings (SSSR count). The molecule has 0 unspecified atom stereocenters. The Morgan fingerprint density at radius 2 is 2.00 bits per heavy atom. The second kappa shape index (κ2) is 5.11. The minimum atomic E-state index is -0.936. The molecule has 3 nitrogen and oxygen atoms in total. The zero-order chi connectivity index (χ0) is 7.44. The summed E-state index contributed by atoms with van der Waals surface area (Å²) in [6.07, 6.45) is 0.595. The summed E-state index contributed by atoms with van der Waals surface area (Å²) >= 11 is 0. The van der Waals surface area contributed by atoms with Crippen LogP contribution in [0.15, 0.2) is 11.3 Å². The van der Waals surface area contributed by atoms with E-state index in [0.717, 1.165) is 0 Å². The predicted octanol–water partition coefficient (Wildman–Crippen LogP) is 1.14. The Balaban J connectivity index is 0. The molecule has 0 aromatic carbocycles. The quantitative estimate of drug-likeness (QED) is 0.603. The van der Waals surface area contributed by atoms with E-state index in [1.807, 2.05) is 6.92 Å². The van der Waals surface area contributed by atoms with Crippen LogP contribution in [-0.2, 0) is 4.79 Å². The number of aliphatic carboxylic acids is 1. The molecule has 3 N–H and O–H groups in total. The molecule has 0 radical (unpaired) electrons. The molecule has 0 spiro atoms. The van der Waals surface area contributed by atoms with E-state index in [2.05, 4.69) is 0 Å². The van der Waals surface area contributed by atoms with Gasteiger partial charge in [-0.25, -0.2) is 4.79 Å². The molecule has 0 aromatic heterocycles. The van der Waals surface area contributed by atoms with Gasteiger partial charge in [0, 0.05) is 5.70 Å². The fourth-order valence-electron chi connectivity index (χ4n) is 0.403. The summed E-state index contributed by atoms with van der Waals surface area (Å²) in [5.74, 6) is -0.936. The lowest BCUT2D eigenvalue weighted by Gasteiger charge is -1.97. The van der Waals surface area contributed by atoms with Gasteiger partial charge in [0.25, 0.3) is 0 Å². The van der Waals surface area contributed by atoms with Gasteiger partial charge in [0.2, 0.25) is 0 Å². The fourth-order valence-corrected chi connectivity index (χ4v) is 0.403. The first-order chi connectivity index (χ1) is 4.09. The number of allylic oxidation sites excluding steroid dienone is 1. The van der Waals surface area contributed by atoms with E-state index < -0.39 is 5.97 Å². The van der Waals surface area contributed by atoms with Gasteiger partial charge in [0.15, 0.2) is 0 Å². The molecule has 0 bridgehead atoms. The fraction of sp³-hybridized carbons (Fsp3) is 0.500. The smallest absolute Gasteiger partial charge is 0.333 e. The van der Waals surface area contributed by atoms with Crippen molar-refractivity contribution in [2.45, 2.75) is 20.3 Å². The molecule has 0 aliphatic rings. The van der Waals surface area contributed by atoms with Crippen LogP contribution in [0, 0.1) is 0 Å². The first-order valence-electron chi connectivity index (χ1n) is 2.78. The lowest BCUT2D eigenvalue weighted by atomic mass is 10.2. The van der Waals surface area contributed by atoms with Crippen LogP contribution in [0.3, 0.4) is 0 Å². The maximum atomic E-state index is 10.2. The van der Waals surface area contributed by atoms with Crippen LogP contribution >= 0.6 is 12.4 Å². The van der Waals surface area contributed by atoms with Gasteiger partial charge in [-0.05, 0) is 13.3 Å². The van der Waals surface area contributed by atoms with E-state index >= 15 is 0 Å². The molecule has 0 aliphatic heterocycles. The van der Waals surface area contributed by atoms with Gasteiger partial charge in [-0.2, -0.15) is 0 Å². The molecular formula is C6H12ClNO2. The lowest BCUT2D eigenvalue weighted by molar-refractivity contribution is -0.132. The van der Waals surface area contributed by atoms with Gasteiger partial charge in [0.1, 0.15) is 0 Å². The van der Waals surface area contributed by atoms with Crippen molar-refractivity contribution in [2.24, 2.45) is 5.73 Å². The molecule has 0 saturated carbocycles. The third-order valence-electron chi connectivity index (χ3n) is 1.18. The SMILES string of the molecule is CCC(N)=C(C)C(=O)O.Cl. The van der Waals surface area contributed by atoms with Crippen molar-refractivity contribution < 1.29 is 9.90 Å². The van der Waals surface area contributed by atoms with Gasteiger partial charge in [-0.15, -0.1) is 12.4 Å². The number of rotatable bonds is 2. The highest BCUT2D eigenvalue weighted by atomic mass is 35.5. The monoisotopic (exact) mass is 165 g/mol. The molecule has 0 fully saturated rings. The summed E-state index contributed by atoms with van der Waals surface area (Å²) in [4.78, 5) is 10.2. The van der Waals surface area contributed by atoms with Crippen molar-refractivity contribution in [1.82, 2.24) is 0 Å². The highest BCUT2D eigenvalue weighted by Gasteiger charge is 2.02. The maximum absolute atomic E-state index is 10.2. The highest BCUT2D eigenvalue weighted by molar-refractivity contribution is 5.86. The summed E-state index contributed by atoms with van der Waals surface area (Å²) in [5, 5.41) is 8.35. The first kappa shape index (κ1) is 12.0. The Morgan fingerprint density at radius 3 is 2.10 bits per heavy atom. The number of hydrogen-bond donors (Lipinski definition) is 2. The van der Waals surface area contributed by atoms with Crippen LogP contribution in [-0.4, -0.2) is 11.1 Å². The molecule has 0 heterocycles. The number of halogens is 1. The Morgan fingerprint density at radius 1 is 1.60 bits per heavy atom. The van der Waals surface area contributed by atoms with E-state index in [-0.39, 0.29) is 18.0 Å². The third-order valence-corrected chi connectivity index (χ3v) is 1.18. The molecule has 0 atom stereocenters. The normalized spacial score (nSPS) is 11.4. The zero-order valence-electron chi connectivity index (χ0n) is 6.05. The lowest BCUT2D eigenvalue weighted by Crippen LogP contribution is -2.06. The second-order valence-corrected chi connectivity index (χ2v) is 1.81. The van der Waals surface area contributed by atoms with Gasteiger partial charge >= 0.3 is 5.97 Å². The summed E-state index contributed by atoms with van der Waals surface area (Å²) in [7, 11) is 0. The molecule has 0 saturated heterocycles. The standard InChI is InChI=1S/C6H11NO2.ClH/c1-3-5(7)4(2)6(8)9;/h3,7H2,1-2H3,(H,8,9);1H. The van der Waals surface area contributed by atoms with Crippen LogP contribution in [0.5, 0.6) is 0 Å². The largest absolute Gasteiger partial charge is 0.478 e. The van der Waals surface area contributed by atoms with E-state index in [1.165, 1.54) is 6.92 Å². The maximum Gasteiger partial charge on any atom is 0.333 e. The first-order valence-corrected chi connectivity index (χ1v) is 2.78. The average molecular weight is 166 g/mol. The Hall–Kier alpha value is -0.700. The van der Waals surface area contributed by atoms with Crippen LogP contribution in [0.1, 0.15) is 20.3 Å². The zero-order valence-corrected chi connectivity index (χ0v) is 6.86. The van der Waals surface area contributed by atoms with E-state index in [0.29, 0.717) is 12.1 Å². The average Bonchev–Trinajstić information content (AvgIpc) is 1.84. The van der Waals surface area contributed by atoms with E-state index in [9.17, 15) is 4.79 Å². The van der Waals surface area contributed by atoms with Crippen molar-refractivity contribution in [3.8, 4) is 0 Å². The van der Waals surface area contributed by atoms with Gasteiger partial charge in [-0.1, -0.05) is 6.92 Å². The van der Waals surface area contributed by atoms with Crippen molar-refractivity contribution >= 4 is 18.4 Å². The molecule has 0 amide bonds. The molecule has 0 aromatic rings. The Kier molecular flexibility index (Phi) is 6.15. The molecule has 0 aliphatic carbocycles. The Labute approximate surface area is 66.3 Å². The van der Waals surface area contributed by atoms with E-state index in [1.54, 1.807) is 0 Å². The van der Waals surface area contributed by atoms with Crippen molar-refractivity contribution in [3.63, 3.8) is 0 Å². The topological polar surface area (TPSA) is 63.3 Å². The number of carbonyl (C=O) groups is 1. The van der Waals surface area contributed by atoms with Crippen LogP contribution in [0.25, 0.3) is 0 Å². The van der Waals surface area contributed by atoms with Crippen molar-refractivity contribution in [1.29, 1.82) is 0 Å². The van der Waals surface area contributed by atoms with Gasteiger partial charge in [-0.3, -0.25) is 0 Å². The highest BCUT2D eigenvalue weighted by Crippen LogP contribution is 2.00. The van der Waals surface area contributed by atoms with Crippen LogP contribution in [0.4, 0.5) is 0 Å². The minimum Gasteiger partial charge on any atom is -0.478 e. The van der Waals surface area contributed by atoms with Gasteiger partial charge < -0.3 is 10.8 Å². The van der Waals surface area contributed by atoms with Crippen molar-refractivity contribution in [2.75, 3.05) is 0 Å². The van der Waals surface area contributed by atoms with Crippen molar-refractivity contribution in [3.05, 3.63) is 11.3 Å². The van der Waals surface area contributed by atoms with Gasteiger partial charge in [0.05, 0.1) is 5.57 Å². The molecule has 60 valence electrons. The summed E-state index contributed by atoms with van der Waals surface area (Å²) < 4.78 is 0. The number of nitrogens with two attached hydrogens (primary N) is 1. The number of carboxylic acids is 1. The second-order valence-electron chi connectivity index (χ2n) is 1.81. The summed E-state index contributed by atoms with van der Waals surface area (Å²) in [6.45, 7) is 3.32. The predicted molar refractivity (Wildman–Crippen MR) is 42.1 cm³/mol. The number of hydrogen-bond acceptors (Lipinski definition) is 2. The van der Waals surface area contributed by atoms with Crippen LogP contribution < -0.4 is 5.73 Å². The molecule has 4 heteroatoms. The number of carboxylic acid groups (broad SMARTS) is 1. The molecular weight excluding hydrogens is 154 g/mol. The third kappa shape index (κ3) is 3.35. The molecule has 10 heavy (non-hydrogen) atoms. The Bertz CT molecular complexity index is 154. The summed E-state index contributed by atoms with van der Waals surface area (Å²) in [6, 6.07) is 0. The van der Waals surface area contributed by atoms with E-state index in [4.69, 9.17) is 10.8 Å². The summed E-state index contributed by atoms with van der Waals surface area (Å²) in [5.41, 5.74) is 6.01. The minimum absolute atomic E-state index is 0. The van der Waals surface area contributed by atoms with Crippen LogP contribution in [0.2, 0.25) is 0 Å².